The maximum Gasteiger partial charge on any atom is 0.0804 e. The van der Waals surface area contributed by atoms with Crippen molar-refractivity contribution in [2.45, 2.75) is 0 Å². The van der Waals surface area contributed by atoms with E-state index in [1.807, 2.05) is 0 Å². The van der Waals surface area contributed by atoms with Gasteiger partial charge in [-0.3, -0.25) is 0 Å². The van der Waals surface area contributed by atoms with Gasteiger partial charge >= 0.3 is 0 Å². The first-order chi connectivity index (χ1) is 30.3. The smallest absolute Gasteiger partial charge is 0.0804 e. The molecule has 12 rings (SSSR count). The molecule has 0 fully saturated rings. The average molecular weight is 778 g/mol. The summed E-state index contributed by atoms with van der Waals surface area (Å²) in [4.78, 5) is 2.35. The summed E-state index contributed by atoms with van der Waals surface area (Å²) < 4.78 is 4.94. The largest absolute Gasteiger partial charge is 0.310 e. The third kappa shape index (κ3) is 5.74. The molecule has 0 aliphatic heterocycles. The number of aromatic nitrogens is 2. The van der Waals surface area contributed by atoms with Crippen LogP contribution in [0.25, 0.3) is 88.0 Å². The molecule has 286 valence electrons. The van der Waals surface area contributed by atoms with Crippen molar-refractivity contribution in [3.05, 3.63) is 237 Å². The molecule has 2 heterocycles. The fourth-order valence-electron chi connectivity index (χ4n) is 9.54. The predicted molar refractivity (Wildman–Crippen MR) is 258 cm³/mol. The van der Waals surface area contributed by atoms with E-state index in [-0.39, 0.29) is 0 Å². The van der Waals surface area contributed by atoms with Crippen molar-refractivity contribution in [3.8, 4) is 33.6 Å². The van der Waals surface area contributed by atoms with Crippen LogP contribution in [0.2, 0.25) is 0 Å². The van der Waals surface area contributed by atoms with E-state index in [1.54, 1.807) is 0 Å². The molecular formula is C58H39N3. The maximum absolute atomic E-state index is 2.47. The van der Waals surface area contributed by atoms with E-state index in [9.17, 15) is 0 Å². The summed E-state index contributed by atoms with van der Waals surface area (Å²) in [6, 6.07) is 85.9. The number of nitrogens with zero attached hydrogens (tertiary/aromatic N) is 3. The van der Waals surface area contributed by atoms with Crippen LogP contribution in [0, 0.1) is 0 Å². The van der Waals surface area contributed by atoms with Gasteiger partial charge in [-0.2, -0.15) is 0 Å². The fraction of sp³-hybridized carbons (Fsp3) is 0. The van der Waals surface area contributed by atoms with E-state index < -0.39 is 0 Å². The minimum Gasteiger partial charge on any atom is -0.310 e. The number of anilines is 3. The lowest BCUT2D eigenvalue weighted by Crippen LogP contribution is -2.09. The van der Waals surface area contributed by atoms with Crippen molar-refractivity contribution in [2.75, 3.05) is 4.90 Å². The summed E-state index contributed by atoms with van der Waals surface area (Å²) in [6.07, 6.45) is 0. The molecule has 0 saturated heterocycles. The van der Waals surface area contributed by atoms with Crippen LogP contribution < -0.4 is 4.90 Å². The monoisotopic (exact) mass is 777 g/mol. The second-order valence-electron chi connectivity index (χ2n) is 15.7. The summed E-state index contributed by atoms with van der Waals surface area (Å²) in [5.41, 5.74) is 15.1. The third-order valence-corrected chi connectivity index (χ3v) is 12.3. The Hall–Kier alpha value is -8.14. The van der Waals surface area contributed by atoms with Gasteiger partial charge in [-0.15, -0.1) is 0 Å². The first kappa shape index (κ1) is 34.9. The molecule has 3 nitrogen and oxygen atoms in total. The van der Waals surface area contributed by atoms with Gasteiger partial charge in [-0.25, -0.2) is 0 Å². The van der Waals surface area contributed by atoms with Gasteiger partial charge in [-0.05, 0) is 117 Å². The van der Waals surface area contributed by atoms with E-state index in [0.717, 1.165) is 34.0 Å². The molecular weight excluding hydrogens is 739 g/mol. The van der Waals surface area contributed by atoms with Crippen LogP contribution in [0.3, 0.4) is 0 Å². The van der Waals surface area contributed by atoms with E-state index in [2.05, 4.69) is 251 Å². The SMILES string of the molecule is c1ccc(N(c2ccccc2)c2ccc3c(c2)c2c(c4ccccc4n2-c2ccc(-c4cccc5ccccc45)cc2)n3-c2ccc(-c3cccc4ccccc34)cc2)cc1. The van der Waals surface area contributed by atoms with Crippen LogP contribution in [0.4, 0.5) is 17.1 Å². The highest BCUT2D eigenvalue weighted by Crippen LogP contribution is 2.44. The normalized spacial score (nSPS) is 11.6. The molecule has 0 bridgehead atoms. The summed E-state index contributed by atoms with van der Waals surface area (Å²) in [6.45, 7) is 0. The summed E-state index contributed by atoms with van der Waals surface area (Å²) in [7, 11) is 0. The second kappa shape index (κ2) is 14.3. The van der Waals surface area contributed by atoms with Crippen molar-refractivity contribution >= 4 is 71.4 Å². The lowest BCUT2D eigenvalue weighted by Gasteiger charge is -2.25. The Balaban J connectivity index is 1.11. The number of fused-ring (bicyclic) bond motifs is 7. The zero-order valence-electron chi connectivity index (χ0n) is 33.4. The van der Waals surface area contributed by atoms with Crippen molar-refractivity contribution in [3.63, 3.8) is 0 Å². The average Bonchev–Trinajstić information content (AvgIpc) is 3.84. The van der Waals surface area contributed by atoms with Gasteiger partial charge in [0.1, 0.15) is 0 Å². The lowest BCUT2D eigenvalue weighted by atomic mass is 9.98. The van der Waals surface area contributed by atoms with Crippen LogP contribution in [-0.4, -0.2) is 9.13 Å². The quantitative estimate of drug-likeness (QED) is 0.157. The van der Waals surface area contributed by atoms with Gasteiger partial charge in [-0.1, -0.05) is 164 Å². The van der Waals surface area contributed by atoms with Crippen LogP contribution in [-0.2, 0) is 0 Å². The van der Waals surface area contributed by atoms with Crippen LogP contribution in [0.1, 0.15) is 0 Å². The minimum absolute atomic E-state index is 1.10. The highest BCUT2D eigenvalue weighted by atomic mass is 15.1. The Morgan fingerprint density at radius 1 is 0.279 bits per heavy atom. The Morgan fingerprint density at radius 2 is 0.705 bits per heavy atom. The standard InChI is InChI=1S/C58H39N3/c1-3-19-44(20-4-1)59(45-21-5-2-6-22-45)48-37-38-56-54(39-48)58-57(61(56)47-35-31-43(32-36-47)52-27-14-18-41-16-8-10-24-50(41)52)53-25-11-12-28-55(53)60(58)46-33-29-42(30-34-46)51-26-13-17-40-15-7-9-23-49(40)51/h1-39H. The van der Waals surface area contributed by atoms with Gasteiger partial charge < -0.3 is 14.0 Å². The van der Waals surface area contributed by atoms with Gasteiger partial charge in [0.15, 0.2) is 0 Å². The van der Waals surface area contributed by atoms with E-state index in [0.29, 0.717) is 0 Å². The van der Waals surface area contributed by atoms with Crippen molar-refractivity contribution in [1.82, 2.24) is 9.13 Å². The molecule has 0 saturated carbocycles. The molecule has 0 N–H and O–H groups in total. The molecule has 0 radical (unpaired) electrons. The van der Waals surface area contributed by atoms with Crippen LogP contribution >= 0.6 is 0 Å². The number of hydrogen-bond donors (Lipinski definition) is 0. The fourth-order valence-corrected chi connectivity index (χ4v) is 9.54. The van der Waals surface area contributed by atoms with Gasteiger partial charge in [0.05, 0.1) is 22.1 Å². The minimum atomic E-state index is 1.10. The van der Waals surface area contributed by atoms with E-state index in [4.69, 9.17) is 0 Å². The molecule has 12 aromatic rings. The van der Waals surface area contributed by atoms with E-state index in [1.165, 1.54) is 71.1 Å². The van der Waals surface area contributed by atoms with Crippen molar-refractivity contribution in [1.29, 1.82) is 0 Å². The predicted octanol–water partition coefficient (Wildman–Crippen LogP) is 15.8. The first-order valence-electron chi connectivity index (χ1n) is 20.9. The highest BCUT2D eigenvalue weighted by Gasteiger charge is 2.24. The molecule has 0 aliphatic rings. The number of rotatable bonds is 7. The molecule has 0 spiro atoms. The van der Waals surface area contributed by atoms with Crippen molar-refractivity contribution in [2.24, 2.45) is 0 Å². The Kier molecular flexibility index (Phi) is 8.17. The van der Waals surface area contributed by atoms with Gasteiger partial charge in [0.25, 0.3) is 0 Å². The maximum atomic E-state index is 2.47. The number of hydrogen-bond acceptors (Lipinski definition) is 1. The Labute approximate surface area is 354 Å². The van der Waals surface area contributed by atoms with Gasteiger partial charge in [0.2, 0.25) is 0 Å². The molecule has 0 unspecified atom stereocenters. The lowest BCUT2D eigenvalue weighted by molar-refractivity contribution is 1.17. The topological polar surface area (TPSA) is 13.1 Å². The third-order valence-electron chi connectivity index (χ3n) is 12.3. The summed E-state index contributed by atoms with van der Waals surface area (Å²) >= 11 is 0. The van der Waals surface area contributed by atoms with E-state index >= 15 is 0 Å². The molecule has 0 aliphatic carbocycles. The molecule has 0 amide bonds. The highest BCUT2D eigenvalue weighted by molar-refractivity contribution is 6.20. The molecule has 2 aromatic heterocycles. The van der Waals surface area contributed by atoms with Crippen molar-refractivity contribution < 1.29 is 0 Å². The molecule has 0 atom stereocenters. The van der Waals surface area contributed by atoms with Crippen LogP contribution in [0.15, 0.2) is 237 Å². The molecule has 10 aromatic carbocycles. The second-order valence-corrected chi connectivity index (χ2v) is 15.7. The number of para-hydroxylation sites is 3. The van der Waals surface area contributed by atoms with Crippen LogP contribution in [0.5, 0.6) is 0 Å². The Bertz CT molecular complexity index is 3390. The zero-order valence-corrected chi connectivity index (χ0v) is 33.4. The first-order valence-corrected chi connectivity index (χ1v) is 20.9. The summed E-state index contributed by atoms with van der Waals surface area (Å²) in [5.74, 6) is 0. The Morgan fingerprint density at radius 3 is 1.25 bits per heavy atom. The number of benzene rings is 10. The summed E-state index contributed by atoms with van der Waals surface area (Å²) in [5, 5.41) is 7.39. The van der Waals surface area contributed by atoms with Gasteiger partial charge in [0, 0.05) is 39.2 Å². The molecule has 3 heteroatoms. The zero-order chi connectivity index (χ0) is 40.3. The molecule has 61 heavy (non-hydrogen) atoms.